The topological polar surface area (TPSA) is 175 Å². The first-order chi connectivity index (χ1) is 4.20. The minimum Gasteiger partial charge on any atom is -0.546 e. The fourth-order valence-electron chi connectivity index (χ4n) is 0.555. The SMILES string of the molecule is NC1=[NH+][C@@H](C(=O)[O-])CS1.O.O.O. The Morgan fingerprint density at radius 2 is 2.08 bits per heavy atom. The molecule has 1 atom stereocenters. The summed E-state index contributed by atoms with van der Waals surface area (Å²) in [6.45, 7) is 0. The van der Waals surface area contributed by atoms with Crippen molar-refractivity contribution >= 4 is 22.9 Å². The summed E-state index contributed by atoms with van der Waals surface area (Å²) in [7, 11) is 0. The number of nitrogens with two attached hydrogens (primary N) is 1. The van der Waals surface area contributed by atoms with E-state index in [9.17, 15) is 9.90 Å². The molecule has 0 bridgehead atoms. The van der Waals surface area contributed by atoms with Crippen molar-refractivity contribution in [1.29, 1.82) is 0 Å². The third-order valence-corrected chi connectivity index (χ3v) is 1.94. The molecule has 1 heterocycles. The Bertz CT molecular complexity index is 173. The van der Waals surface area contributed by atoms with Gasteiger partial charge in [0.15, 0.2) is 0 Å². The van der Waals surface area contributed by atoms with E-state index in [0.717, 1.165) is 0 Å². The van der Waals surface area contributed by atoms with Crippen molar-refractivity contribution in [2.75, 3.05) is 5.75 Å². The summed E-state index contributed by atoms with van der Waals surface area (Å²) in [5.41, 5.74) is 5.24. The number of hydrogen-bond acceptors (Lipinski definition) is 4. The molecule has 0 saturated heterocycles. The molecule has 8 heteroatoms. The number of nitrogens with one attached hydrogen (secondary N) is 1. The van der Waals surface area contributed by atoms with Crippen LogP contribution >= 0.6 is 11.8 Å². The smallest absolute Gasteiger partial charge is 0.302 e. The standard InChI is InChI=1S/C4H6N2O2S.3H2O/c5-4-6-2(1-9-4)3(7)8;;;/h2H,1H2,(H2,5,6)(H,7,8);3*1H2/t2-;;;/m1.../s1. The summed E-state index contributed by atoms with van der Waals surface area (Å²) in [5.74, 6) is -0.628. The van der Waals surface area contributed by atoms with Crippen LogP contribution in [0, 0.1) is 0 Å². The molecule has 1 aliphatic heterocycles. The molecule has 0 saturated carbocycles. The van der Waals surface area contributed by atoms with Crippen LogP contribution < -0.4 is 15.8 Å². The van der Waals surface area contributed by atoms with Gasteiger partial charge in [-0.2, -0.15) is 0 Å². The molecule has 0 aliphatic carbocycles. The lowest BCUT2D eigenvalue weighted by Crippen LogP contribution is -2.82. The van der Waals surface area contributed by atoms with Crippen molar-refractivity contribution in [3.8, 4) is 0 Å². The van der Waals surface area contributed by atoms with Crippen LogP contribution in [0.2, 0.25) is 0 Å². The summed E-state index contributed by atoms with van der Waals surface area (Å²) in [4.78, 5) is 12.6. The van der Waals surface area contributed by atoms with Gasteiger partial charge >= 0.3 is 5.17 Å². The lowest BCUT2D eigenvalue weighted by Gasteiger charge is -2.01. The summed E-state index contributed by atoms with van der Waals surface area (Å²) < 4.78 is 0. The van der Waals surface area contributed by atoms with Crippen molar-refractivity contribution in [2.24, 2.45) is 5.73 Å². The second-order valence-electron chi connectivity index (χ2n) is 1.69. The Balaban J connectivity index is -0.000000270. The van der Waals surface area contributed by atoms with Gasteiger partial charge in [-0.05, 0) is 11.8 Å². The first-order valence-electron chi connectivity index (χ1n) is 2.43. The number of aliphatic carboxylic acids is 1. The van der Waals surface area contributed by atoms with Crippen molar-refractivity contribution in [3.05, 3.63) is 0 Å². The largest absolute Gasteiger partial charge is 0.546 e. The third kappa shape index (κ3) is 4.13. The Morgan fingerprint density at radius 3 is 2.25 bits per heavy atom. The molecule has 0 fully saturated rings. The number of amidine groups is 1. The van der Waals surface area contributed by atoms with Crippen molar-refractivity contribution in [3.63, 3.8) is 0 Å². The van der Waals surface area contributed by atoms with Gasteiger partial charge in [-0.3, -0.25) is 10.7 Å². The molecule has 0 aromatic heterocycles. The molecular formula is C4H12N2O5S. The minimum atomic E-state index is -1.09. The van der Waals surface area contributed by atoms with Crippen LogP contribution in [0.25, 0.3) is 0 Å². The Kier molecular flexibility index (Phi) is 9.89. The maximum atomic E-state index is 10.1. The number of carbonyl (C=O) groups is 1. The van der Waals surface area contributed by atoms with E-state index >= 15 is 0 Å². The summed E-state index contributed by atoms with van der Waals surface area (Å²) in [5, 5.41) is 10.6. The number of rotatable bonds is 1. The lowest BCUT2D eigenvalue weighted by atomic mass is 10.4. The van der Waals surface area contributed by atoms with E-state index in [1.54, 1.807) is 0 Å². The highest BCUT2D eigenvalue weighted by Gasteiger charge is 2.20. The van der Waals surface area contributed by atoms with Gasteiger partial charge in [-0.15, -0.1) is 0 Å². The summed E-state index contributed by atoms with van der Waals surface area (Å²) in [6.07, 6.45) is 0. The monoisotopic (exact) mass is 200 g/mol. The number of carboxylic acids is 1. The third-order valence-electron chi connectivity index (χ3n) is 1.01. The molecule has 0 aromatic carbocycles. The zero-order valence-corrected chi connectivity index (χ0v) is 6.90. The molecule has 7 nitrogen and oxygen atoms in total. The highest BCUT2D eigenvalue weighted by molar-refractivity contribution is 8.13. The molecule has 74 valence electrons. The second-order valence-corrected chi connectivity index (χ2v) is 2.75. The van der Waals surface area contributed by atoms with E-state index in [0.29, 0.717) is 10.9 Å². The molecule has 0 radical (unpaired) electrons. The molecule has 9 N–H and O–H groups in total. The Hall–Kier alpha value is -0.830. The van der Waals surface area contributed by atoms with Gasteiger partial charge in [-0.1, -0.05) is 0 Å². The molecule has 1 rings (SSSR count). The maximum absolute atomic E-state index is 10.1. The highest BCUT2D eigenvalue weighted by atomic mass is 32.2. The quantitative estimate of drug-likeness (QED) is 0.428. The fourth-order valence-corrected chi connectivity index (χ4v) is 1.35. The first-order valence-corrected chi connectivity index (χ1v) is 3.41. The predicted molar refractivity (Wildman–Crippen MR) is 42.3 cm³/mol. The second kappa shape index (κ2) is 6.85. The molecule has 12 heavy (non-hydrogen) atoms. The van der Waals surface area contributed by atoms with Gasteiger partial charge in [0, 0.05) is 0 Å². The number of thioether (sulfide) groups is 1. The molecule has 0 aromatic rings. The molecule has 0 amide bonds. The van der Waals surface area contributed by atoms with Crippen LogP contribution in [0.3, 0.4) is 0 Å². The van der Waals surface area contributed by atoms with Crippen LogP contribution in [0.1, 0.15) is 0 Å². The van der Waals surface area contributed by atoms with Crippen molar-refractivity contribution in [2.45, 2.75) is 6.04 Å². The van der Waals surface area contributed by atoms with Gasteiger partial charge in [0.1, 0.15) is 6.04 Å². The van der Waals surface area contributed by atoms with Crippen molar-refractivity contribution < 1.29 is 31.3 Å². The van der Waals surface area contributed by atoms with Gasteiger partial charge < -0.3 is 26.3 Å². The normalized spacial score (nSPS) is 19.3. The summed E-state index contributed by atoms with van der Waals surface area (Å²) >= 11 is 1.30. The van der Waals surface area contributed by atoms with Gasteiger partial charge in [0.05, 0.1) is 11.7 Å². The average Bonchev–Trinajstić information content (AvgIpc) is 2.14. The van der Waals surface area contributed by atoms with E-state index in [2.05, 4.69) is 4.99 Å². The number of carboxylic acid groups (broad SMARTS) is 1. The summed E-state index contributed by atoms with van der Waals surface area (Å²) in [6, 6.07) is -0.602. The van der Waals surface area contributed by atoms with E-state index in [1.807, 2.05) is 0 Å². The molecule has 0 unspecified atom stereocenters. The zero-order valence-electron chi connectivity index (χ0n) is 6.09. The molecule has 1 aliphatic rings. The zero-order chi connectivity index (χ0) is 6.85. The van der Waals surface area contributed by atoms with Crippen LogP contribution in [0.4, 0.5) is 0 Å². The van der Waals surface area contributed by atoms with Crippen LogP contribution in [-0.2, 0) is 4.79 Å². The van der Waals surface area contributed by atoms with Crippen LogP contribution in [0.5, 0.6) is 0 Å². The van der Waals surface area contributed by atoms with Gasteiger partial charge in [0.2, 0.25) is 0 Å². The molecule has 0 spiro atoms. The van der Waals surface area contributed by atoms with Crippen LogP contribution in [0.15, 0.2) is 0 Å². The fraction of sp³-hybridized carbons (Fsp3) is 0.500. The van der Waals surface area contributed by atoms with Crippen LogP contribution in [-0.4, -0.2) is 39.4 Å². The molecular weight excluding hydrogens is 188 g/mol. The van der Waals surface area contributed by atoms with Crippen molar-refractivity contribution in [1.82, 2.24) is 0 Å². The Labute approximate surface area is 72.6 Å². The highest BCUT2D eigenvalue weighted by Crippen LogP contribution is 2.00. The van der Waals surface area contributed by atoms with E-state index in [1.165, 1.54) is 11.8 Å². The average molecular weight is 200 g/mol. The number of carbonyl (C=O) groups excluding carboxylic acids is 1. The predicted octanol–water partition coefficient (Wildman–Crippen LogP) is -6.23. The van der Waals surface area contributed by atoms with Gasteiger partial charge in [0.25, 0.3) is 0 Å². The van der Waals surface area contributed by atoms with Gasteiger partial charge in [-0.25, -0.2) is 0 Å². The van der Waals surface area contributed by atoms with E-state index < -0.39 is 12.0 Å². The maximum Gasteiger partial charge on any atom is 0.302 e. The number of hydrogen-bond donors (Lipinski definition) is 2. The first kappa shape index (κ1) is 17.3. The lowest BCUT2D eigenvalue weighted by molar-refractivity contribution is -0.495. The van der Waals surface area contributed by atoms with E-state index in [-0.39, 0.29) is 16.4 Å². The Morgan fingerprint density at radius 1 is 1.58 bits per heavy atom. The van der Waals surface area contributed by atoms with E-state index in [4.69, 9.17) is 5.73 Å². The minimum absolute atomic E-state index is 0.